The second-order valence-electron chi connectivity index (χ2n) is 10.3. The maximum atomic E-state index is 12.3. The van der Waals surface area contributed by atoms with Crippen LogP contribution < -0.4 is 10.1 Å². The van der Waals surface area contributed by atoms with Gasteiger partial charge in [0, 0.05) is 47.7 Å². The molecule has 4 heterocycles. The molecule has 0 bridgehead atoms. The van der Waals surface area contributed by atoms with E-state index in [0.29, 0.717) is 24.8 Å². The lowest BCUT2D eigenvalue weighted by Crippen LogP contribution is -2.36. The first kappa shape index (κ1) is 23.4. The van der Waals surface area contributed by atoms with E-state index in [0.717, 1.165) is 65.4 Å². The topological polar surface area (TPSA) is 105 Å². The average Bonchev–Trinajstić information content (AvgIpc) is 3.25. The summed E-state index contributed by atoms with van der Waals surface area (Å²) in [5.74, 6) is 0.799. The van der Waals surface area contributed by atoms with Gasteiger partial charge >= 0.3 is 0 Å². The third kappa shape index (κ3) is 3.78. The van der Waals surface area contributed by atoms with Crippen molar-refractivity contribution in [2.24, 2.45) is 13.0 Å². The zero-order valence-corrected chi connectivity index (χ0v) is 21.5. The number of hydrogen-bond donors (Lipinski definition) is 1. The number of nitrogens with one attached hydrogen (secondary N) is 1. The molecular formula is C28H30N6O4. The normalized spacial score (nSPS) is 20.4. The second kappa shape index (κ2) is 8.92. The number of hydrogen-bond acceptors (Lipinski definition) is 7. The number of aromatic nitrogens is 5. The Morgan fingerprint density at radius 2 is 1.97 bits per heavy atom. The molecule has 1 aliphatic heterocycles. The number of ether oxygens (including phenoxy) is 3. The van der Waals surface area contributed by atoms with Crippen molar-refractivity contribution in [1.29, 1.82) is 0 Å². The van der Waals surface area contributed by atoms with E-state index in [1.54, 1.807) is 18.0 Å². The molecule has 1 N–H and O–H groups in total. The predicted octanol–water partition coefficient (Wildman–Crippen LogP) is 4.32. The summed E-state index contributed by atoms with van der Waals surface area (Å²) in [5.41, 5.74) is 4.36. The largest absolute Gasteiger partial charge is 0.495 e. The van der Waals surface area contributed by atoms with Crippen LogP contribution >= 0.6 is 0 Å². The highest BCUT2D eigenvalue weighted by atomic mass is 16.7. The van der Waals surface area contributed by atoms with Crippen LogP contribution in [0, 0.1) is 5.92 Å². The zero-order valence-electron chi connectivity index (χ0n) is 21.5. The number of carbonyl (C=O) groups excluding carboxylic acids is 1. The fraction of sp³-hybridized carbons (Fsp3) is 0.429. The molecule has 0 unspecified atom stereocenters. The fourth-order valence-electron chi connectivity index (χ4n) is 5.88. The maximum Gasteiger partial charge on any atom is 0.228 e. The number of rotatable bonds is 6. The van der Waals surface area contributed by atoms with Crippen LogP contribution in [0.15, 0.2) is 42.9 Å². The lowest BCUT2D eigenvalue weighted by molar-refractivity contribution is -0.177. The van der Waals surface area contributed by atoms with Crippen LogP contribution in [-0.2, 0) is 21.3 Å². The molecule has 1 saturated heterocycles. The summed E-state index contributed by atoms with van der Waals surface area (Å²) >= 11 is 0. The van der Waals surface area contributed by atoms with E-state index >= 15 is 0 Å². The minimum Gasteiger partial charge on any atom is -0.495 e. The number of amides is 1. The van der Waals surface area contributed by atoms with Crippen molar-refractivity contribution >= 4 is 22.6 Å². The van der Waals surface area contributed by atoms with E-state index in [2.05, 4.69) is 16.5 Å². The highest BCUT2D eigenvalue weighted by Gasteiger charge is 2.49. The Morgan fingerprint density at radius 1 is 1.16 bits per heavy atom. The Labute approximate surface area is 219 Å². The number of pyridine rings is 1. The van der Waals surface area contributed by atoms with Gasteiger partial charge in [-0.15, -0.1) is 0 Å². The van der Waals surface area contributed by atoms with Gasteiger partial charge in [-0.05, 0) is 37.8 Å². The summed E-state index contributed by atoms with van der Waals surface area (Å²) in [7, 11) is 3.56. The Kier molecular flexibility index (Phi) is 5.48. The molecule has 4 aromatic rings. The standard InChI is InChI=1S/C28H30N6O4/c1-33-22-15-29-24(31-27(35)17-8-9-17)13-21(22)25(32-33)20-6-3-5-19(26(20)36-2)18-14-30-34(16-18)23-7-4-10-28(23)37-11-12-38-28/h3,5-6,13-17,23H,4,7-12H2,1-2H3,(H,29,31,35)/t23-/m0/s1. The van der Waals surface area contributed by atoms with E-state index in [-0.39, 0.29) is 17.9 Å². The van der Waals surface area contributed by atoms with Gasteiger partial charge in [0.15, 0.2) is 5.79 Å². The number of benzene rings is 1. The zero-order chi connectivity index (χ0) is 25.9. The number of anilines is 1. The van der Waals surface area contributed by atoms with E-state index in [4.69, 9.17) is 24.4 Å². The number of methoxy groups -OCH3 is 1. The van der Waals surface area contributed by atoms with Crippen LogP contribution in [0.5, 0.6) is 5.75 Å². The quantitative estimate of drug-likeness (QED) is 0.408. The highest BCUT2D eigenvalue weighted by Crippen LogP contribution is 2.46. The van der Waals surface area contributed by atoms with Gasteiger partial charge in [-0.25, -0.2) is 4.98 Å². The summed E-state index contributed by atoms with van der Waals surface area (Å²) in [6.07, 6.45) is 10.4. The van der Waals surface area contributed by atoms with Gasteiger partial charge in [-0.3, -0.25) is 14.2 Å². The Hall–Kier alpha value is -3.76. The number of nitrogens with zero attached hydrogens (tertiary/aromatic N) is 5. The van der Waals surface area contributed by atoms with Crippen molar-refractivity contribution in [3.05, 3.63) is 42.9 Å². The Morgan fingerprint density at radius 3 is 2.76 bits per heavy atom. The first-order chi connectivity index (χ1) is 18.6. The first-order valence-corrected chi connectivity index (χ1v) is 13.2. The number of fused-ring (bicyclic) bond motifs is 1. The van der Waals surface area contributed by atoms with Crippen molar-refractivity contribution in [3.8, 4) is 28.1 Å². The summed E-state index contributed by atoms with van der Waals surface area (Å²) in [6.45, 7) is 1.25. The van der Waals surface area contributed by atoms with Crippen molar-refractivity contribution in [2.45, 2.75) is 43.9 Å². The first-order valence-electron chi connectivity index (χ1n) is 13.2. The summed E-state index contributed by atoms with van der Waals surface area (Å²) in [5, 5.41) is 13.4. The van der Waals surface area contributed by atoms with Crippen LogP contribution in [0.4, 0.5) is 5.82 Å². The van der Waals surface area contributed by atoms with Gasteiger partial charge in [-0.2, -0.15) is 10.2 Å². The van der Waals surface area contributed by atoms with E-state index in [1.165, 1.54) is 0 Å². The Balaban J connectivity index is 1.27. The van der Waals surface area contributed by atoms with Gasteiger partial charge in [0.05, 0.1) is 38.2 Å². The molecule has 7 rings (SSSR count). The molecule has 1 amide bonds. The van der Waals surface area contributed by atoms with Crippen LogP contribution in [-0.4, -0.2) is 56.6 Å². The number of para-hydroxylation sites is 1. The number of carbonyl (C=O) groups is 1. The molecule has 1 atom stereocenters. The molecule has 2 aliphatic carbocycles. The maximum absolute atomic E-state index is 12.3. The van der Waals surface area contributed by atoms with Gasteiger partial charge in [0.25, 0.3) is 0 Å². The SMILES string of the molecule is COc1c(-c2cnn([C@H]3CCCC34OCCO4)c2)cccc1-c1nn(C)c2cnc(NC(=O)C3CC3)cc12. The van der Waals surface area contributed by atoms with Gasteiger partial charge in [0.2, 0.25) is 5.91 Å². The predicted molar refractivity (Wildman–Crippen MR) is 141 cm³/mol. The lowest BCUT2D eigenvalue weighted by atomic mass is 10.0. The molecule has 2 saturated carbocycles. The molecule has 3 aromatic heterocycles. The molecule has 1 spiro atoms. The molecule has 38 heavy (non-hydrogen) atoms. The molecule has 10 heteroatoms. The van der Waals surface area contributed by atoms with Crippen molar-refractivity contribution in [1.82, 2.24) is 24.5 Å². The fourth-order valence-corrected chi connectivity index (χ4v) is 5.88. The lowest BCUT2D eigenvalue weighted by Gasteiger charge is -2.29. The van der Waals surface area contributed by atoms with Crippen LogP contribution in [0.2, 0.25) is 0 Å². The third-order valence-electron chi connectivity index (χ3n) is 7.93. The molecule has 3 fully saturated rings. The molecule has 0 radical (unpaired) electrons. The second-order valence-corrected chi connectivity index (χ2v) is 10.3. The van der Waals surface area contributed by atoms with Crippen molar-refractivity contribution in [3.63, 3.8) is 0 Å². The van der Waals surface area contributed by atoms with Crippen molar-refractivity contribution < 1.29 is 19.0 Å². The minimum atomic E-state index is -0.567. The molecule has 3 aliphatic rings. The highest BCUT2D eigenvalue weighted by molar-refractivity contribution is 6.00. The summed E-state index contributed by atoms with van der Waals surface area (Å²) in [4.78, 5) is 16.8. The Bertz CT molecular complexity index is 1530. The van der Waals surface area contributed by atoms with Crippen LogP contribution in [0.25, 0.3) is 33.3 Å². The molecular weight excluding hydrogens is 484 g/mol. The van der Waals surface area contributed by atoms with Gasteiger partial charge in [-0.1, -0.05) is 12.1 Å². The monoisotopic (exact) mass is 514 g/mol. The van der Waals surface area contributed by atoms with Crippen LogP contribution in [0.3, 0.4) is 0 Å². The van der Waals surface area contributed by atoms with E-state index < -0.39 is 5.79 Å². The third-order valence-corrected chi connectivity index (χ3v) is 7.93. The van der Waals surface area contributed by atoms with Crippen LogP contribution in [0.1, 0.15) is 38.1 Å². The molecule has 10 nitrogen and oxygen atoms in total. The minimum absolute atomic E-state index is 0.0244. The average molecular weight is 515 g/mol. The van der Waals surface area contributed by atoms with E-state index in [1.807, 2.05) is 42.2 Å². The summed E-state index contributed by atoms with van der Waals surface area (Å²) in [6, 6.07) is 7.98. The molecule has 1 aromatic carbocycles. The smallest absolute Gasteiger partial charge is 0.228 e. The number of aryl methyl sites for hydroxylation is 1. The van der Waals surface area contributed by atoms with E-state index in [9.17, 15) is 4.79 Å². The van der Waals surface area contributed by atoms with Crippen molar-refractivity contribution in [2.75, 3.05) is 25.6 Å². The van der Waals surface area contributed by atoms with Gasteiger partial charge in [0.1, 0.15) is 23.3 Å². The molecule has 196 valence electrons. The summed E-state index contributed by atoms with van der Waals surface area (Å²) < 4.78 is 21.9. The van der Waals surface area contributed by atoms with Gasteiger partial charge < -0.3 is 19.5 Å².